The standard InChI is InChI=1S/C20H20ClN3/c1-11-8-15-16(9-12(11)2)23-19-18(22-15)20(3,4)14-10-13(21)6-7-17(14)24(19)5/h6-10H,1-5H3. The average molecular weight is 338 g/mol. The molecular weight excluding hydrogens is 318 g/mol. The molecule has 0 saturated heterocycles. The Morgan fingerprint density at radius 3 is 2.25 bits per heavy atom. The first kappa shape index (κ1) is 15.4. The monoisotopic (exact) mass is 337 g/mol. The summed E-state index contributed by atoms with van der Waals surface area (Å²) in [4.78, 5) is 12.1. The summed E-state index contributed by atoms with van der Waals surface area (Å²) < 4.78 is 0. The molecular formula is C20H20ClN3. The van der Waals surface area contributed by atoms with E-state index >= 15 is 0 Å². The van der Waals surface area contributed by atoms with E-state index < -0.39 is 0 Å². The maximum Gasteiger partial charge on any atom is 0.156 e. The third-order valence-corrected chi connectivity index (χ3v) is 5.40. The van der Waals surface area contributed by atoms with E-state index in [0.29, 0.717) is 0 Å². The average Bonchev–Trinajstić information content (AvgIpc) is 2.53. The molecule has 3 aromatic rings. The summed E-state index contributed by atoms with van der Waals surface area (Å²) in [5, 5.41) is 0.749. The van der Waals surface area contributed by atoms with Crippen LogP contribution in [0.5, 0.6) is 0 Å². The fourth-order valence-corrected chi connectivity index (χ4v) is 3.67. The number of anilines is 2. The van der Waals surface area contributed by atoms with Gasteiger partial charge in [-0.2, -0.15) is 0 Å². The van der Waals surface area contributed by atoms with E-state index in [4.69, 9.17) is 21.6 Å². The number of nitrogens with zero attached hydrogens (tertiary/aromatic N) is 3. The molecule has 0 N–H and O–H groups in total. The molecule has 0 radical (unpaired) electrons. The maximum atomic E-state index is 6.26. The topological polar surface area (TPSA) is 29.0 Å². The van der Waals surface area contributed by atoms with Gasteiger partial charge < -0.3 is 4.90 Å². The lowest BCUT2D eigenvalue weighted by molar-refractivity contribution is 0.604. The van der Waals surface area contributed by atoms with Crippen LogP contribution in [0.15, 0.2) is 30.3 Å². The summed E-state index contributed by atoms with van der Waals surface area (Å²) in [5.74, 6) is 0.922. The van der Waals surface area contributed by atoms with Crippen LogP contribution in [0.1, 0.15) is 36.2 Å². The van der Waals surface area contributed by atoms with Crippen molar-refractivity contribution in [1.82, 2.24) is 9.97 Å². The van der Waals surface area contributed by atoms with Gasteiger partial charge in [-0.25, -0.2) is 9.97 Å². The predicted molar refractivity (Wildman–Crippen MR) is 101 cm³/mol. The van der Waals surface area contributed by atoms with Gasteiger partial charge in [0, 0.05) is 23.2 Å². The summed E-state index contributed by atoms with van der Waals surface area (Å²) in [6, 6.07) is 10.3. The van der Waals surface area contributed by atoms with Crippen LogP contribution in [0.4, 0.5) is 11.5 Å². The minimum atomic E-state index is -0.248. The van der Waals surface area contributed by atoms with Gasteiger partial charge in [-0.15, -0.1) is 0 Å². The van der Waals surface area contributed by atoms with Gasteiger partial charge in [0.2, 0.25) is 0 Å². The Kier molecular flexibility index (Phi) is 3.17. The van der Waals surface area contributed by atoms with Gasteiger partial charge in [-0.1, -0.05) is 11.6 Å². The van der Waals surface area contributed by atoms with E-state index in [1.807, 2.05) is 19.2 Å². The molecule has 4 heteroatoms. The van der Waals surface area contributed by atoms with Crippen molar-refractivity contribution in [2.24, 2.45) is 0 Å². The SMILES string of the molecule is Cc1cc2nc3c(nc2cc1C)C(C)(C)c1cc(Cl)ccc1N3C. The molecule has 1 aromatic heterocycles. The molecule has 0 atom stereocenters. The van der Waals surface area contributed by atoms with E-state index in [0.717, 1.165) is 33.3 Å². The van der Waals surface area contributed by atoms with Crippen molar-refractivity contribution in [2.75, 3.05) is 11.9 Å². The van der Waals surface area contributed by atoms with Crippen LogP contribution in [0, 0.1) is 13.8 Å². The highest BCUT2D eigenvalue weighted by Crippen LogP contribution is 2.47. The molecule has 0 fully saturated rings. The first-order valence-electron chi connectivity index (χ1n) is 8.12. The molecule has 0 aliphatic carbocycles. The zero-order chi connectivity index (χ0) is 17.2. The van der Waals surface area contributed by atoms with E-state index in [-0.39, 0.29) is 5.41 Å². The molecule has 24 heavy (non-hydrogen) atoms. The Hall–Kier alpha value is -2.13. The van der Waals surface area contributed by atoms with Crippen molar-refractivity contribution < 1.29 is 0 Å². The van der Waals surface area contributed by atoms with E-state index in [2.05, 4.69) is 50.8 Å². The van der Waals surface area contributed by atoms with Crippen LogP contribution in [0.3, 0.4) is 0 Å². The Bertz CT molecular complexity index is 992. The third kappa shape index (κ3) is 2.04. The molecule has 0 spiro atoms. The van der Waals surface area contributed by atoms with Crippen molar-refractivity contribution in [1.29, 1.82) is 0 Å². The predicted octanol–water partition coefficient (Wildman–Crippen LogP) is 5.31. The quantitative estimate of drug-likeness (QED) is 0.557. The van der Waals surface area contributed by atoms with E-state index in [9.17, 15) is 0 Å². The highest BCUT2D eigenvalue weighted by molar-refractivity contribution is 6.30. The Balaban J connectivity index is 2.06. The first-order chi connectivity index (χ1) is 11.3. The largest absolute Gasteiger partial charge is 0.328 e. The van der Waals surface area contributed by atoms with Gasteiger partial charge in [0.1, 0.15) is 0 Å². The molecule has 2 aromatic carbocycles. The Labute approximate surface area is 147 Å². The third-order valence-electron chi connectivity index (χ3n) is 5.16. The lowest BCUT2D eigenvalue weighted by Gasteiger charge is -2.38. The highest BCUT2D eigenvalue weighted by Gasteiger charge is 2.38. The smallest absolute Gasteiger partial charge is 0.156 e. The van der Waals surface area contributed by atoms with Crippen LogP contribution in [-0.4, -0.2) is 17.0 Å². The number of hydrogen-bond donors (Lipinski definition) is 0. The number of benzene rings is 2. The van der Waals surface area contributed by atoms with Gasteiger partial charge in [-0.05, 0) is 74.7 Å². The maximum absolute atomic E-state index is 6.26. The lowest BCUT2D eigenvalue weighted by Crippen LogP contribution is -2.32. The van der Waals surface area contributed by atoms with Gasteiger partial charge in [0.25, 0.3) is 0 Å². The molecule has 0 bridgehead atoms. The number of halogens is 1. The number of aromatic nitrogens is 2. The lowest BCUT2D eigenvalue weighted by atomic mass is 9.77. The molecule has 0 unspecified atom stereocenters. The van der Waals surface area contributed by atoms with Crippen LogP contribution in [0.25, 0.3) is 11.0 Å². The zero-order valence-corrected chi connectivity index (χ0v) is 15.4. The first-order valence-corrected chi connectivity index (χ1v) is 8.50. The number of hydrogen-bond acceptors (Lipinski definition) is 3. The van der Waals surface area contributed by atoms with Crippen molar-refractivity contribution in [2.45, 2.75) is 33.1 Å². The summed E-state index contributed by atoms with van der Waals surface area (Å²) in [6.07, 6.45) is 0. The molecule has 2 heterocycles. The van der Waals surface area contributed by atoms with Crippen molar-refractivity contribution in [3.05, 3.63) is 57.7 Å². The normalized spacial score (nSPS) is 15.3. The number of aryl methyl sites for hydroxylation is 2. The summed E-state index contributed by atoms with van der Waals surface area (Å²) in [5.41, 5.74) is 7.43. The minimum Gasteiger partial charge on any atom is -0.328 e. The number of rotatable bonds is 0. The fourth-order valence-electron chi connectivity index (χ4n) is 3.50. The second-order valence-corrected chi connectivity index (χ2v) is 7.60. The minimum absolute atomic E-state index is 0.248. The molecule has 4 rings (SSSR count). The molecule has 1 aliphatic heterocycles. The summed E-state index contributed by atoms with van der Waals surface area (Å²) >= 11 is 6.26. The molecule has 122 valence electrons. The van der Waals surface area contributed by atoms with Gasteiger partial charge in [0.15, 0.2) is 5.82 Å². The van der Waals surface area contributed by atoms with Crippen LogP contribution in [-0.2, 0) is 5.41 Å². The van der Waals surface area contributed by atoms with Gasteiger partial charge in [-0.3, -0.25) is 0 Å². The number of fused-ring (bicyclic) bond motifs is 3. The molecule has 1 aliphatic rings. The zero-order valence-electron chi connectivity index (χ0n) is 14.6. The summed E-state index contributed by atoms with van der Waals surface area (Å²) in [6.45, 7) is 8.61. The highest BCUT2D eigenvalue weighted by atomic mass is 35.5. The van der Waals surface area contributed by atoms with Crippen molar-refractivity contribution in [3.63, 3.8) is 0 Å². The second kappa shape index (κ2) is 4.93. The summed E-state index contributed by atoms with van der Waals surface area (Å²) in [7, 11) is 2.04. The van der Waals surface area contributed by atoms with Crippen molar-refractivity contribution >= 4 is 34.1 Å². The van der Waals surface area contributed by atoms with Gasteiger partial charge in [0.05, 0.1) is 16.7 Å². The Morgan fingerprint density at radius 1 is 0.958 bits per heavy atom. The second-order valence-electron chi connectivity index (χ2n) is 7.17. The molecule has 3 nitrogen and oxygen atoms in total. The van der Waals surface area contributed by atoms with Crippen LogP contribution >= 0.6 is 11.6 Å². The fraction of sp³-hybridized carbons (Fsp3) is 0.300. The molecule has 0 amide bonds. The Morgan fingerprint density at radius 2 is 1.58 bits per heavy atom. The van der Waals surface area contributed by atoms with Crippen LogP contribution < -0.4 is 4.90 Å². The van der Waals surface area contributed by atoms with E-state index in [1.54, 1.807) is 0 Å². The van der Waals surface area contributed by atoms with E-state index in [1.165, 1.54) is 16.7 Å². The molecule has 0 saturated carbocycles. The van der Waals surface area contributed by atoms with Gasteiger partial charge >= 0.3 is 0 Å². The van der Waals surface area contributed by atoms with Crippen LogP contribution in [0.2, 0.25) is 5.02 Å². The van der Waals surface area contributed by atoms with Crippen molar-refractivity contribution in [3.8, 4) is 0 Å².